The van der Waals surface area contributed by atoms with Gasteiger partial charge in [0.05, 0.1) is 5.92 Å². The number of rotatable bonds is 2. The summed E-state index contributed by atoms with van der Waals surface area (Å²) < 4.78 is 0. The van der Waals surface area contributed by atoms with Crippen molar-refractivity contribution in [1.29, 1.82) is 0 Å². The number of aliphatic carboxylic acids is 1. The van der Waals surface area contributed by atoms with Crippen molar-refractivity contribution < 1.29 is 28.7 Å². The molecule has 3 unspecified atom stereocenters. The van der Waals surface area contributed by atoms with Crippen LogP contribution in [0.5, 0.6) is 0 Å². The first-order valence-electron chi connectivity index (χ1n) is 9.67. The summed E-state index contributed by atoms with van der Waals surface area (Å²) in [5, 5.41) is 9.81. The fraction of sp³-hybridized carbons (Fsp3) is 0.391. The summed E-state index contributed by atoms with van der Waals surface area (Å²) in [5.41, 5.74) is 13.0. The Bertz CT molecular complexity index is 834. The third-order valence-corrected chi connectivity index (χ3v) is 5.89. The van der Waals surface area contributed by atoms with Gasteiger partial charge in [0, 0.05) is 5.02 Å². The van der Waals surface area contributed by atoms with Gasteiger partial charge >= 0.3 is 34.2 Å². The van der Waals surface area contributed by atoms with Gasteiger partial charge in [0.2, 0.25) is 0 Å². The van der Waals surface area contributed by atoms with E-state index in [0.29, 0.717) is 5.92 Å². The summed E-state index contributed by atoms with van der Waals surface area (Å²) in [6.07, 6.45) is 5.65. The van der Waals surface area contributed by atoms with E-state index >= 15 is 0 Å². The third-order valence-electron chi connectivity index (χ3n) is 5.65. The molecule has 2 aromatic rings. The van der Waals surface area contributed by atoms with Gasteiger partial charge in [0.15, 0.2) is 0 Å². The van der Waals surface area contributed by atoms with E-state index in [9.17, 15) is 4.79 Å². The molecular formula is C23H26Cl2NO2Pt-2. The van der Waals surface area contributed by atoms with E-state index in [1.54, 1.807) is 25.7 Å². The first-order chi connectivity index (χ1) is 13.9. The molecule has 4 rings (SSSR count). The molecule has 29 heavy (non-hydrogen) atoms. The second-order valence-electron chi connectivity index (χ2n) is 7.61. The first kappa shape index (κ1) is 24.4. The fourth-order valence-corrected chi connectivity index (χ4v) is 3.97. The van der Waals surface area contributed by atoms with E-state index in [0.717, 1.165) is 29.0 Å². The molecule has 2 aliphatic rings. The molecule has 0 saturated heterocycles. The quantitative estimate of drug-likeness (QED) is 0.310. The Kier molecular flexibility index (Phi) is 9.69. The second kappa shape index (κ2) is 11.5. The van der Waals surface area contributed by atoms with Crippen molar-refractivity contribution in [1.82, 2.24) is 0 Å². The maximum atomic E-state index is 11.0. The van der Waals surface area contributed by atoms with Crippen molar-refractivity contribution >= 4 is 27.0 Å². The van der Waals surface area contributed by atoms with Gasteiger partial charge in [-0.25, -0.2) is 0 Å². The van der Waals surface area contributed by atoms with Crippen LogP contribution in [0.15, 0.2) is 36.4 Å². The summed E-state index contributed by atoms with van der Waals surface area (Å²) in [4.78, 5) is 11.0. The van der Waals surface area contributed by atoms with Gasteiger partial charge in [-0.05, 0) is 53.3 Å². The van der Waals surface area contributed by atoms with Crippen LogP contribution in [0, 0.1) is 12.8 Å². The average molecular weight is 614 g/mol. The number of carboxylic acid groups (broad SMARTS) is 1. The number of hydrogen-bond donors (Lipinski definition) is 1. The molecule has 3 atom stereocenters. The Morgan fingerprint density at radius 1 is 1.14 bits per heavy atom. The molecule has 6 heteroatoms. The molecule has 1 saturated carbocycles. The predicted octanol–water partition coefficient (Wildman–Crippen LogP) is 7.22. The van der Waals surface area contributed by atoms with Crippen LogP contribution in [0.4, 0.5) is 0 Å². The van der Waals surface area contributed by atoms with Crippen molar-refractivity contribution in [3.8, 4) is 11.1 Å². The number of hydrogen-bond acceptors (Lipinski definition) is 1. The molecule has 0 aromatic heterocycles. The van der Waals surface area contributed by atoms with E-state index in [1.807, 2.05) is 36.4 Å². The molecule has 161 valence electrons. The van der Waals surface area contributed by atoms with Gasteiger partial charge in [0.1, 0.15) is 0 Å². The minimum absolute atomic E-state index is 0.142. The SMILES string of the molecule is CC(C(=O)O)c1ccc2c(c1)Cc1ccc(Cl)cc1-2.[CH2-]C1CCCCC1[NH-].[Cl][Pt]. The predicted molar refractivity (Wildman–Crippen MR) is 117 cm³/mol. The zero-order valence-electron chi connectivity index (χ0n) is 16.4. The number of carboxylic acids is 1. The number of fused-ring (bicyclic) bond motifs is 3. The summed E-state index contributed by atoms with van der Waals surface area (Å²) >= 11 is 7.65. The number of halogens is 2. The van der Waals surface area contributed by atoms with Gasteiger partial charge in [-0.3, -0.25) is 4.79 Å². The van der Waals surface area contributed by atoms with Crippen LogP contribution in [-0.4, -0.2) is 17.1 Å². The van der Waals surface area contributed by atoms with Crippen LogP contribution < -0.4 is 0 Å². The zero-order valence-corrected chi connectivity index (χ0v) is 20.2. The molecule has 0 aliphatic heterocycles. The van der Waals surface area contributed by atoms with Gasteiger partial charge in [-0.1, -0.05) is 61.5 Å². The molecule has 2 aliphatic carbocycles. The Morgan fingerprint density at radius 3 is 2.41 bits per heavy atom. The molecular weight excluding hydrogens is 588 g/mol. The molecule has 2 aromatic carbocycles. The van der Waals surface area contributed by atoms with Crippen LogP contribution in [0.3, 0.4) is 0 Å². The summed E-state index contributed by atoms with van der Waals surface area (Å²) in [7, 11) is 4.61. The van der Waals surface area contributed by atoms with Gasteiger partial charge in [0.25, 0.3) is 0 Å². The first-order valence-corrected chi connectivity index (χ1v) is 12.9. The standard InChI is InChI=1S/C16H13ClO2.C7H13N.ClH.Pt/c1-9(16(18)19)10-3-5-14-12(6-10)7-11-2-4-13(17)8-15(11)14;1-6-4-2-3-5-7(6)8;;/h2-6,8-9H,7H2,1H3,(H,18,19);6-8H,1-5H2;1H;/q;-2;;+1/p-1. The Balaban J connectivity index is 0.000000252. The normalized spacial score (nSPS) is 20.2. The average Bonchev–Trinajstić information content (AvgIpc) is 3.08. The fourth-order valence-electron chi connectivity index (χ4n) is 3.80. The van der Waals surface area contributed by atoms with Gasteiger partial charge < -0.3 is 17.8 Å². The monoisotopic (exact) mass is 613 g/mol. The van der Waals surface area contributed by atoms with Crippen molar-refractivity contribution in [2.45, 2.75) is 51.0 Å². The molecule has 3 nitrogen and oxygen atoms in total. The van der Waals surface area contributed by atoms with Crippen LogP contribution in [0.25, 0.3) is 16.9 Å². The van der Waals surface area contributed by atoms with Crippen molar-refractivity contribution in [2.75, 3.05) is 0 Å². The summed E-state index contributed by atoms with van der Waals surface area (Å²) in [6, 6.07) is 12.0. The van der Waals surface area contributed by atoms with E-state index in [-0.39, 0.29) is 6.04 Å². The van der Waals surface area contributed by atoms with Crippen LogP contribution in [0.1, 0.15) is 55.2 Å². The van der Waals surface area contributed by atoms with Crippen molar-refractivity contribution in [2.24, 2.45) is 5.92 Å². The van der Waals surface area contributed by atoms with Crippen molar-refractivity contribution in [3.05, 3.63) is 70.8 Å². The molecule has 2 N–H and O–H groups in total. The maximum absolute atomic E-state index is 11.0. The summed E-state index contributed by atoms with van der Waals surface area (Å²) in [5.74, 6) is -0.847. The summed E-state index contributed by atoms with van der Waals surface area (Å²) in [6.45, 7) is 5.60. The Labute approximate surface area is 193 Å². The van der Waals surface area contributed by atoms with Gasteiger partial charge in [-0.15, -0.1) is 0 Å². The van der Waals surface area contributed by atoms with E-state index in [1.165, 1.54) is 36.0 Å². The van der Waals surface area contributed by atoms with E-state index in [2.05, 4.69) is 16.3 Å². The van der Waals surface area contributed by atoms with Crippen LogP contribution >= 0.6 is 21.0 Å². The number of nitrogens with one attached hydrogen (secondary N) is 1. The van der Waals surface area contributed by atoms with E-state index < -0.39 is 11.9 Å². The van der Waals surface area contributed by atoms with Crippen LogP contribution in [0.2, 0.25) is 5.02 Å². The Hall–Kier alpha value is -0.862. The molecule has 1 fully saturated rings. The van der Waals surface area contributed by atoms with E-state index in [4.69, 9.17) is 22.4 Å². The molecule has 0 bridgehead atoms. The third kappa shape index (κ3) is 6.31. The molecule has 0 radical (unpaired) electrons. The van der Waals surface area contributed by atoms with Crippen molar-refractivity contribution in [3.63, 3.8) is 0 Å². The van der Waals surface area contributed by atoms with Crippen LogP contribution in [-0.2, 0) is 30.0 Å². The zero-order chi connectivity index (χ0) is 21.6. The number of carbonyl (C=O) groups is 1. The number of benzene rings is 2. The second-order valence-corrected chi connectivity index (χ2v) is 8.04. The minimum atomic E-state index is -0.793. The topological polar surface area (TPSA) is 61.1 Å². The molecule has 0 heterocycles. The molecule has 0 amide bonds. The Morgan fingerprint density at radius 2 is 1.83 bits per heavy atom. The van der Waals surface area contributed by atoms with Gasteiger partial charge in [-0.2, -0.15) is 12.0 Å². The molecule has 0 spiro atoms.